The monoisotopic (exact) mass is 296 g/mol. The number of nitrogens with two attached hydrogens (primary N) is 1. The molecule has 3 nitrogen and oxygen atoms in total. The van der Waals surface area contributed by atoms with Gasteiger partial charge in [-0.25, -0.2) is 4.39 Å². The van der Waals surface area contributed by atoms with Crippen molar-refractivity contribution in [2.75, 3.05) is 7.05 Å². The molecule has 0 radical (unpaired) electrons. The maximum absolute atomic E-state index is 13.6. The summed E-state index contributed by atoms with van der Waals surface area (Å²) in [5.74, 6) is -0.387. The lowest BCUT2D eigenvalue weighted by molar-refractivity contribution is 0.0288. The Morgan fingerprint density at radius 2 is 2.15 bits per heavy atom. The molecule has 2 unspecified atom stereocenters. The average molecular weight is 296 g/mol. The lowest BCUT2D eigenvalue weighted by atomic mass is 9.91. The summed E-state index contributed by atoms with van der Waals surface area (Å²) in [6, 6.07) is 5.00. The molecule has 1 fully saturated rings. The van der Waals surface area contributed by atoms with Crippen LogP contribution in [0, 0.1) is 5.82 Å². The zero-order valence-corrected chi connectivity index (χ0v) is 12.5. The molecule has 0 amide bonds. The fraction of sp³-hybridized carbons (Fsp3) is 0.533. The lowest BCUT2D eigenvalue weighted by Gasteiger charge is -2.35. The van der Waals surface area contributed by atoms with Crippen LogP contribution in [0.5, 0.6) is 0 Å². The van der Waals surface area contributed by atoms with Crippen LogP contribution in [0.4, 0.5) is 4.39 Å². The summed E-state index contributed by atoms with van der Waals surface area (Å²) in [4.78, 5) is 2.20. The second kappa shape index (κ2) is 6.61. The Morgan fingerprint density at radius 3 is 2.80 bits per heavy atom. The summed E-state index contributed by atoms with van der Waals surface area (Å²) in [6.45, 7) is 0.650. The van der Waals surface area contributed by atoms with Crippen LogP contribution in [0.3, 0.4) is 0 Å². The maximum atomic E-state index is 13.6. The Bertz CT molecular complexity index is 495. The largest absolute Gasteiger partial charge is 0.391 e. The summed E-state index contributed by atoms with van der Waals surface area (Å²) in [5, 5.41) is 10.1. The molecule has 1 aliphatic carbocycles. The van der Waals surface area contributed by atoms with E-state index in [1.807, 2.05) is 7.05 Å². The van der Waals surface area contributed by atoms with Crippen molar-refractivity contribution in [2.45, 2.75) is 44.4 Å². The molecular formula is C15H21FN2OS. The van der Waals surface area contributed by atoms with Gasteiger partial charge in [-0.2, -0.15) is 0 Å². The number of nitrogens with zero attached hydrogens (tertiary/aromatic N) is 1. The van der Waals surface area contributed by atoms with Gasteiger partial charge < -0.3 is 10.8 Å². The van der Waals surface area contributed by atoms with E-state index < -0.39 is 0 Å². The molecule has 0 bridgehead atoms. The highest BCUT2D eigenvalue weighted by atomic mass is 32.1. The normalized spacial score (nSPS) is 23.0. The van der Waals surface area contributed by atoms with E-state index in [9.17, 15) is 9.50 Å². The summed E-state index contributed by atoms with van der Waals surface area (Å²) >= 11 is 4.85. The van der Waals surface area contributed by atoms with Crippen LogP contribution in [0.25, 0.3) is 0 Å². The maximum Gasteiger partial charge on any atom is 0.133 e. The van der Waals surface area contributed by atoms with Gasteiger partial charge in [0.25, 0.3) is 0 Å². The van der Waals surface area contributed by atoms with E-state index in [-0.39, 0.29) is 28.5 Å². The van der Waals surface area contributed by atoms with Crippen LogP contribution in [-0.2, 0) is 6.54 Å². The van der Waals surface area contributed by atoms with Crippen molar-refractivity contribution in [3.63, 3.8) is 0 Å². The molecule has 0 aliphatic heterocycles. The lowest BCUT2D eigenvalue weighted by Crippen LogP contribution is -2.42. The van der Waals surface area contributed by atoms with Crippen molar-refractivity contribution in [3.8, 4) is 0 Å². The summed E-state index contributed by atoms with van der Waals surface area (Å²) in [7, 11) is 1.99. The predicted molar refractivity (Wildman–Crippen MR) is 82.0 cm³/mol. The van der Waals surface area contributed by atoms with Gasteiger partial charge >= 0.3 is 0 Å². The molecule has 0 heterocycles. The number of likely N-dealkylation sites (N-methyl/N-ethyl adjacent to an activating group) is 1. The number of hydrogen-bond acceptors (Lipinski definition) is 3. The van der Waals surface area contributed by atoms with E-state index in [1.165, 1.54) is 6.07 Å². The molecule has 0 spiro atoms. The number of rotatable bonds is 4. The fourth-order valence-corrected chi connectivity index (χ4v) is 3.03. The highest BCUT2D eigenvalue weighted by molar-refractivity contribution is 7.80. The van der Waals surface area contributed by atoms with Gasteiger partial charge in [0, 0.05) is 18.2 Å². The summed E-state index contributed by atoms with van der Waals surface area (Å²) < 4.78 is 13.6. The van der Waals surface area contributed by atoms with Gasteiger partial charge in [0.2, 0.25) is 0 Å². The minimum Gasteiger partial charge on any atom is -0.391 e. The van der Waals surface area contributed by atoms with E-state index in [0.717, 1.165) is 31.2 Å². The van der Waals surface area contributed by atoms with Crippen LogP contribution in [0.1, 0.15) is 36.8 Å². The van der Waals surface area contributed by atoms with Crippen molar-refractivity contribution in [2.24, 2.45) is 5.73 Å². The number of benzene rings is 1. The van der Waals surface area contributed by atoms with E-state index in [4.69, 9.17) is 18.0 Å². The molecule has 110 valence electrons. The molecule has 1 aromatic rings. The Morgan fingerprint density at radius 1 is 1.45 bits per heavy atom. The van der Waals surface area contributed by atoms with Crippen molar-refractivity contribution in [1.82, 2.24) is 4.90 Å². The molecule has 20 heavy (non-hydrogen) atoms. The molecule has 1 aliphatic rings. The number of aliphatic hydroxyl groups excluding tert-OH is 1. The molecule has 0 saturated heterocycles. The minimum absolute atomic E-state index is 0.0738. The van der Waals surface area contributed by atoms with Crippen molar-refractivity contribution in [3.05, 3.63) is 35.1 Å². The third-order valence-corrected chi connectivity index (χ3v) is 4.21. The second-order valence-corrected chi connectivity index (χ2v) is 5.95. The number of thiocarbonyl (C=S) groups is 1. The zero-order valence-electron chi connectivity index (χ0n) is 11.7. The summed E-state index contributed by atoms with van der Waals surface area (Å²) in [5.41, 5.74) is 6.76. The van der Waals surface area contributed by atoms with Crippen LogP contribution in [0.15, 0.2) is 18.2 Å². The van der Waals surface area contributed by atoms with Crippen molar-refractivity contribution < 1.29 is 9.50 Å². The van der Waals surface area contributed by atoms with Crippen LogP contribution in [0.2, 0.25) is 0 Å². The number of halogens is 1. The van der Waals surface area contributed by atoms with Gasteiger partial charge in [0.05, 0.1) is 6.10 Å². The van der Waals surface area contributed by atoms with Gasteiger partial charge in [-0.1, -0.05) is 31.1 Å². The Labute approximate surface area is 124 Å². The van der Waals surface area contributed by atoms with Gasteiger partial charge in [0.15, 0.2) is 0 Å². The van der Waals surface area contributed by atoms with E-state index in [0.29, 0.717) is 6.54 Å². The third-order valence-electron chi connectivity index (χ3n) is 3.99. The SMILES string of the molecule is CN(Cc1ccc(F)c(C(N)=S)c1)C1CCCCC1O. The second-order valence-electron chi connectivity index (χ2n) is 5.51. The molecule has 1 aromatic carbocycles. The van der Waals surface area contributed by atoms with Crippen molar-refractivity contribution in [1.29, 1.82) is 0 Å². The first kappa shape index (κ1) is 15.4. The van der Waals surface area contributed by atoms with Crippen LogP contribution in [-0.4, -0.2) is 34.2 Å². The third kappa shape index (κ3) is 3.53. The molecular weight excluding hydrogens is 275 g/mol. The van der Waals surface area contributed by atoms with E-state index in [1.54, 1.807) is 12.1 Å². The molecule has 2 rings (SSSR count). The first-order valence-corrected chi connectivity index (χ1v) is 7.36. The molecule has 1 saturated carbocycles. The van der Waals surface area contributed by atoms with Gasteiger partial charge in [-0.3, -0.25) is 4.90 Å². The Kier molecular flexibility index (Phi) is 5.07. The molecule has 5 heteroatoms. The zero-order chi connectivity index (χ0) is 14.7. The quantitative estimate of drug-likeness (QED) is 0.836. The number of hydrogen-bond donors (Lipinski definition) is 2. The van der Waals surface area contributed by atoms with Gasteiger partial charge in [-0.15, -0.1) is 0 Å². The Hall–Kier alpha value is -1.04. The molecule has 3 N–H and O–H groups in total. The topological polar surface area (TPSA) is 49.5 Å². The molecule has 0 aromatic heterocycles. The predicted octanol–water partition coefficient (Wildman–Crippen LogP) is 2.20. The van der Waals surface area contributed by atoms with Gasteiger partial charge in [0.1, 0.15) is 10.8 Å². The standard InChI is InChI=1S/C15H21FN2OS/c1-18(13-4-2-3-5-14(13)19)9-10-6-7-12(16)11(8-10)15(17)20/h6-8,13-14,19H,2-5,9H2,1H3,(H2,17,20). The van der Waals surface area contributed by atoms with Crippen molar-refractivity contribution >= 4 is 17.2 Å². The van der Waals surface area contributed by atoms with Gasteiger partial charge in [-0.05, 0) is 37.6 Å². The average Bonchev–Trinajstić information content (AvgIpc) is 2.41. The smallest absolute Gasteiger partial charge is 0.133 e. The van der Waals surface area contributed by atoms with E-state index >= 15 is 0 Å². The number of aliphatic hydroxyl groups is 1. The minimum atomic E-state index is -0.387. The highest BCUT2D eigenvalue weighted by Crippen LogP contribution is 2.24. The van der Waals surface area contributed by atoms with Crippen LogP contribution >= 0.6 is 12.2 Å². The highest BCUT2D eigenvalue weighted by Gasteiger charge is 2.26. The first-order chi connectivity index (χ1) is 9.49. The fourth-order valence-electron chi connectivity index (χ4n) is 2.87. The first-order valence-electron chi connectivity index (χ1n) is 6.95. The van der Waals surface area contributed by atoms with Crippen LogP contribution < -0.4 is 5.73 Å². The van der Waals surface area contributed by atoms with E-state index in [2.05, 4.69) is 4.90 Å². The summed E-state index contributed by atoms with van der Waals surface area (Å²) in [6.07, 6.45) is 3.82. The molecule has 2 atom stereocenters. The Balaban J connectivity index is 2.09.